The average Bonchev–Trinajstić information content (AvgIpc) is 3.59. The molecular formula is C26H24N4O4S. The van der Waals surface area contributed by atoms with Gasteiger partial charge in [0.05, 0.1) is 31.4 Å². The van der Waals surface area contributed by atoms with Crippen LogP contribution in [0, 0.1) is 0 Å². The topological polar surface area (TPSA) is 97.4 Å². The highest BCUT2D eigenvalue weighted by atomic mass is 32.1. The van der Waals surface area contributed by atoms with Gasteiger partial charge in [-0.2, -0.15) is 0 Å². The summed E-state index contributed by atoms with van der Waals surface area (Å²) in [5.41, 5.74) is 4.24. The van der Waals surface area contributed by atoms with Crippen LogP contribution < -0.4 is 9.47 Å². The summed E-state index contributed by atoms with van der Waals surface area (Å²) in [6.45, 7) is 0.929. The number of hydrogen-bond acceptors (Lipinski definition) is 7. The van der Waals surface area contributed by atoms with Gasteiger partial charge in [-0.15, -0.1) is 11.3 Å². The molecule has 1 aliphatic rings. The zero-order valence-corrected chi connectivity index (χ0v) is 20.2. The molecule has 4 aromatic rings. The number of rotatable bonds is 6. The number of aromatic nitrogens is 3. The molecule has 1 saturated heterocycles. The first-order valence-electron chi connectivity index (χ1n) is 11.2. The molecule has 0 bridgehead atoms. The Labute approximate surface area is 206 Å². The Morgan fingerprint density at radius 3 is 2.49 bits per heavy atom. The maximum atomic E-state index is 13.3. The molecule has 35 heavy (non-hydrogen) atoms. The first-order chi connectivity index (χ1) is 17.1. The van der Waals surface area contributed by atoms with Gasteiger partial charge in [-0.25, -0.2) is 9.97 Å². The number of pyridine rings is 1. The minimum Gasteiger partial charge on any atom is -0.494 e. The maximum Gasteiger partial charge on any atom is 0.295 e. The second-order valence-electron chi connectivity index (χ2n) is 8.09. The quantitative estimate of drug-likeness (QED) is 0.320. The second-order valence-corrected chi connectivity index (χ2v) is 8.99. The van der Waals surface area contributed by atoms with Crippen molar-refractivity contribution >= 4 is 39.5 Å². The molecule has 3 aromatic heterocycles. The van der Waals surface area contributed by atoms with Gasteiger partial charge in [0, 0.05) is 36.4 Å². The van der Waals surface area contributed by atoms with E-state index in [-0.39, 0.29) is 5.56 Å². The number of amides is 1. The van der Waals surface area contributed by atoms with Crippen LogP contribution in [0.4, 0.5) is 0 Å². The molecule has 0 aliphatic carbocycles. The molecule has 1 amide bonds. The van der Waals surface area contributed by atoms with Crippen molar-refractivity contribution in [3.63, 3.8) is 0 Å². The standard InChI is InChI=1S/C26H24N4O4S/c1-33-19-15-29-24(34-2)22-21(19)18(14-28-22)23(31)26(32)30-11-8-17(9-12-30)20(25-27-10-13-35-25)16-6-4-3-5-7-16/h3-7,10,13-15,28H,8-9,11-12H2,1-2H3. The minimum atomic E-state index is -0.585. The molecular weight excluding hydrogens is 464 g/mol. The van der Waals surface area contributed by atoms with Gasteiger partial charge in [-0.1, -0.05) is 35.9 Å². The van der Waals surface area contributed by atoms with Gasteiger partial charge >= 0.3 is 0 Å². The minimum absolute atomic E-state index is 0.247. The number of nitrogens with zero attached hydrogens (tertiary/aromatic N) is 3. The fourth-order valence-electron chi connectivity index (χ4n) is 4.50. The van der Waals surface area contributed by atoms with E-state index in [2.05, 4.69) is 27.1 Å². The molecule has 1 aliphatic heterocycles. The normalized spacial score (nSPS) is 13.7. The summed E-state index contributed by atoms with van der Waals surface area (Å²) in [6.07, 6.45) is 6.16. The molecule has 8 nitrogen and oxygen atoms in total. The third-order valence-electron chi connectivity index (χ3n) is 6.21. The maximum absolute atomic E-state index is 13.3. The van der Waals surface area contributed by atoms with Gasteiger partial charge in [0.2, 0.25) is 5.88 Å². The van der Waals surface area contributed by atoms with Crippen molar-refractivity contribution in [1.82, 2.24) is 19.9 Å². The number of ketones is 1. The van der Waals surface area contributed by atoms with Gasteiger partial charge in [0.25, 0.3) is 11.7 Å². The Bertz CT molecular complexity index is 1400. The van der Waals surface area contributed by atoms with E-state index in [1.54, 1.807) is 22.4 Å². The van der Waals surface area contributed by atoms with Crippen LogP contribution in [-0.4, -0.2) is 58.9 Å². The molecule has 0 spiro atoms. The number of fused-ring (bicyclic) bond motifs is 1. The third kappa shape index (κ3) is 4.19. The van der Waals surface area contributed by atoms with E-state index in [1.165, 1.54) is 32.2 Å². The summed E-state index contributed by atoms with van der Waals surface area (Å²) in [4.78, 5) is 39.8. The van der Waals surface area contributed by atoms with E-state index >= 15 is 0 Å². The van der Waals surface area contributed by atoms with Gasteiger partial charge in [0.1, 0.15) is 16.3 Å². The van der Waals surface area contributed by atoms with Crippen molar-refractivity contribution in [2.24, 2.45) is 0 Å². The highest BCUT2D eigenvalue weighted by Crippen LogP contribution is 2.35. The predicted molar refractivity (Wildman–Crippen MR) is 134 cm³/mol. The third-order valence-corrected chi connectivity index (χ3v) is 7.00. The Balaban J connectivity index is 1.40. The number of ether oxygens (including phenoxy) is 2. The van der Waals surface area contributed by atoms with Crippen molar-refractivity contribution in [2.45, 2.75) is 12.8 Å². The number of carbonyl (C=O) groups is 2. The lowest BCUT2D eigenvalue weighted by atomic mass is 9.93. The number of carbonyl (C=O) groups excluding carboxylic acids is 2. The van der Waals surface area contributed by atoms with E-state index in [1.807, 2.05) is 23.6 Å². The SMILES string of the molecule is COc1ncc(OC)c2c(C(=O)C(=O)N3CCC(=C(c4ccccc4)c4nccs4)CC3)c[nH]c12. The first-order valence-corrected chi connectivity index (χ1v) is 12.1. The number of thiazole rings is 1. The summed E-state index contributed by atoms with van der Waals surface area (Å²) >= 11 is 1.60. The van der Waals surface area contributed by atoms with Gasteiger partial charge < -0.3 is 19.4 Å². The highest BCUT2D eigenvalue weighted by Gasteiger charge is 2.30. The van der Waals surface area contributed by atoms with Crippen molar-refractivity contribution < 1.29 is 19.1 Å². The van der Waals surface area contributed by atoms with Crippen LogP contribution in [0.3, 0.4) is 0 Å². The Morgan fingerprint density at radius 1 is 1.06 bits per heavy atom. The van der Waals surface area contributed by atoms with Crippen LogP contribution in [-0.2, 0) is 4.79 Å². The average molecular weight is 489 g/mol. The molecule has 0 unspecified atom stereocenters. The van der Waals surface area contributed by atoms with Crippen LogP contribution in [0.15, 0.2) is 59.9 Å². The molecule has 1 aromatic carbocycles. The van der Waals surface area contributed by atoms with Crippen molar-refractivity contribution in [3.8, 4) is 11.6 Å². The van der Waals surface area contributed by atoms with E-state index in [4.69, 9.17) is 9.47 Å². The van der Waals surface area contributed by atoms with Crippen molar-refractivity contribution in [3.05, 3.63) is 76.0 Å². The van der Waals surface area contributed by atoms with Gasteiger partial charge in [-0.3, -0.25) is 9.59 Å². The number of benzene rings is 1. The van der Waals surface area contributed by atoms with E-state index in [0.29, 0.717) is 48.5 Å². The fourth-order valence-corrected chi connectivity index (χ4v) is 5.25. The summed E-state index contributed by atoms with van der Waals surface area (Å²) in [7, 11) is 2.99. The molecule has 0 atom stereocenters. The number of aromatic amines is 1. The van der Waals surface area contributed by atoms with Crippen molar-refractivity contribution in [2.75, 3.05) is 27.3 Å². The molecule has 9 heteroatoms. The number of likely N-dealkylation sites (tertiary alicyclic amines) is 1. The van der Waals surface area contributed by atoms with Crippen LogP contribution >= 0.6 is 11.3 Å². The van der Waals surface area contributed by atoms with Crippen LogP contribution in [0.1, 0.15) is 33.8 Å². The van der Waals surface area contributed by atoms with Crippen LogP contribution in [0.25, 0.3) is 16.5 Å². The summed E-state index contributed by atoms with van der Waals surface area (Å²) < 4.78 is 10.7. The number of H-pyrrole nitrogens is 1. The zero-order chi connectivity index (χ0) is 24.4. The molecule has 4 heterocycles. The lowest BCUT2D eigenvalue weighted by molar-refractivity contribution is -0.126. The van der Waals surface area contributed by atoms with E-state index < -0.39 is 11.7 Å². The largest absolute Gasteiger partial charge is 0.494 e. The van der Waals surface area contributed by atoms with Gasteiger partial charge in [-0.05, 0) is 18.4 Å². The fraction of sp³-hybridized carbons (Fsp3) is 0.231. The summed E-state index contributed by atoms with van der Waals surface area (Å²) in [5.74, 6) is -0.384. The Kier molecular flexibility index (Phi) is 6.33. The molecule has 5 rings (SSSR count). The second kappa shape index (κ2) is 9.71. The first kappa shape index (κ1) is 22.8. The molecule has 1 N–H and O–H groups in total. The van der Waals surface area contributed by atoms with Gasteiger partial charge in [0.15, 0.2) is 0 Å². The lowest BCUT2D eigenvalue weighted by Gasteiger charge is -2.29. The molecule has 0 radical (unpaired) electrons. The smallest absolute Gasteiger partial charge is 0.295 e. The molecule has 178 valence electrons. The number of hydrogen-bond donors (Lipinski definition) is 1. The van der Waals surface area contributed by atoms with Crippen LogP contribution in [0.5, 0.6) is 11.6 Å². The zero-order valence-electron chi connectivity index (χ0n) is 19.4. The summed E-state index contributed by atoms with van der Waals surface area (Å²) in [6, 6.07) is 10.2. The Morgan fingerprint density at radius 2 is 1.83 bits per heavy atom. The highest BCUT2D eigenvalue weighted by molar-refractivity contribution is 7.10. The Hall–Kier alpha value is -3.98. The lowest BCUT2D eigenvalue weighted by Crippen LogP contribution is -2.40. The predicted octanol–water partition coefficient (Wildman–Crippen LogP) is 4.34. The number of Topliss-reactive ketones (excluding diaryl/α,β-unsaturated/α-hetero) is 1. The van der Waals surface area contributed by atoms with E-state index in [9.17, 15) is 9.59 Å². The molecule has 1 fully saturated rings. The monoisotopic (exact) mass is 488 g/mol. The van der Waals surface area contributed by atoms with E-state index in [0.717, 1.165) is 16.1 Å². The van der Waals surface area contributed by atoms with Crippen LogP contribution in [0.2, 0.25) is 0 Å². The molecule has 0 saturated carbocycles. The number of methoxy groups -OCH3 is 2. The van der Waals surface area contributed by atoms with Crippen molar-refractivity contribution in [1.29, 1.82) is 0 Å². The summed E-state index contributed by atoms with van der Waals surface area (Å²) in [5, 5.41) is 3.43. The number of nitrogens with one attached hydrogen (secondary N) is 1. The number of piperidine rings is 1.